The first-order valence-electron chi connectivity index (χ1n) is 7.29. The van der Waals surface area contributed by atoms with Gasteiger partial charge in [0.25, 0.3) is 0 Å². The van der Waals surface area contributed by atoms with Crippen molar-refractivity contribution in [2.45, 2.75) is 51.2 Å². The highest BCUT2D eigenvalue weighted by atomic mass is 16.5. The molecular weight excluding hydrogens is 222 g/mol. The van der Waals surface area contributed by atoms with E-state index in [0.29, 0.717) is 12.1 Å². The Morgan fingerprint density at radius 2 is 2.11 bits per heavy atom. The van der Waals surface area contributed by atoms with Crippen LogP contribution in [0.1, 0.15) is 38.2 Å². The van der Waals surface area contributed by atoms with Gasteiger partial charge in [0.15, 0.2) is 0 Å². The van der Waals surface area contributed by atoms with Crippen LogP contribution < -0.4 is 5.32 Å². The van der Waals surface area contributed by atoms with Gasteiger partial charge in [0.2, 0.25) is 0 Å². The smallest absolute Gasteiger partial charge is 0.0728 e. The van der Waals surface area contributed by atoms with E-state index in [1.165, 1.54) is 31.2 Å². The Kier molecular flexibility index (Phi) is 5.69. The van der Waals surface area contributed by atoms with Crippen molar-refractivity contribution in [3.8, 4) is 0 Å². The average molecular weight is 247 g/mol. The SMILES string of the molecule is CCNC(CCc1ccccc1)C1CCCCO1. The van der Waals surface area contributed by atoms with Crippen LogP contribution in [0.5, 0.6) is 0 Å². The minimum atomic E-state index is 0.419. The Bertz CT molecular complexity index is 319. The summed E-state index contributed by atoms with van der Waals surface area (Å²) >= 11 is 0. The van der Waals surface area contributed by atoms with Gasteiger partial charge in [0.05, 0.1) is 6.10 Å². The third kappa shape index (κ3) is 4.11. The van der Waals surface area contributed by atoms with Crippen LogP contribution in [0, 0.1) is 0 Å². The molecule has 0 aliphatic carbocycles. The number of hydrogen-bond donors (Lipinski definition) is 1. The second-order valence-electron chi connectivity index (χ2n) is 5.09. The fourth-order valence-corrected chi connectivity index (χ4v) is 2.73. The lowest BCUT2D eigenvalue weighted by molar-refractivity contribution is -0.00884. The van der Waals surface area contributed by atoms with Gasteiger partial charge < -0.3 is 10.1 Å². The molecule has 1 aliphatic rings. The summed E-state index contributed by atoms with van der Waals surface area (Å²) in [5, 5.41) is 3.60. The molecule has 100 valence electrons. The van der Waals surface area contributed by atoms with Gasteiger partial charge in [-0.2, -0.15) is 0 Å². The van der Waals surface area contributed by atoms with Gasteiger partial charge in [-0.3, -0.25) is 0 Å². The maximum absolute atomic E-state index is 5.92. The monoisotopic (exact) mass is 247 g/mol. The zero-order chi connectivity index (χ0) is 12.6. The van der Waals surface area contributed by atoms with Crippen LogP contribution in [0.3, 0.4) is 0 Å². The number of aryl methyl sites for hydroxylation is 1. The maximum Gasteiger partial charge on any atom is 0.0728 e. The molecule has 0 radical (unpaired) electrons. The van der Waals surface area contributed by atoms with Gasteiger partial charge in [0, 0.05) is 12.6 Å². The van der Waals surface area contributed by atoms with Crippen molar-refractivity contribution in [1.82, 2.24) is 5.32 Å². The van der Waals surface area contributed by atoms with Crippen molar-refractivity contribution in [2.24, 2.45) is 0 Å². The molecule has 2 heteroatoms. The minimum absolute atomic E-state index is 0.419. The first kappa shape index (κ1) is 13.6. The van der Waals surface area contributed by atoms with E-state index in [2.05, 4.69) is 42.6 Å². The standard InChI is InChI=1S/C16H25NO/c1-2-17-15(16-10-6-7-13-18-16)12-11-14-8-4-3-5-9-14/h3-5,8-9,15-17H,2,6-7,10-13H2,1H3. The summed E-state index contributed by atoms with van der Waals surface area (Å²) in [5.74, 6) is 0. The molecule has 0 saturated carbocycles. The fourth-order valence-electron chi connectivity index (χ4n) is 2.73. The van der Waals surface area contributed by atoms with E-state index in [1.807, 2.05) is 0 Å². The van der Waals surface area contributed by atoms with Crippen molar-refractivity contribution in [3.63, 3.8) is 0 Å². The molecule has 1 heterocycles. The predicted octanol–water partition coefficient (Wildman–Crippen LogP) is 3.17. The zero-order valence-electron chi connectivity index (χ0n) is 11.4. The summed E-state index contributed by atoms with van der Waals surface area (Å²) in [4.78, 5) is 0. The Hall–Kier alpha value is -0.860. The quantitative estimate of drug-likeness (QED) is 0.833. The molecule has 0 aromatic heterocycles. The molecule has 2 rings (SSSR count). The van der Waals surface area contributed by atoms with E-state index >= 15 is 0 Å². The van der Waals surface area contributed by atoms with E-state index in [9.17, 15) is 0 Å². The first-order valence-corrected chi connectivity index (χ1v) is 7.29. The predicted molar refractivity (Wildman–Crippen MR) is 75.8 cm³/mol. The second kappa shape index (κ2) is 7.55. The molecule has 18 heavy (non-hydrogen) atoms. The molecule has 2 nitrogen and oxygen atoms in total. The molecule has 1 aromatic rings. The number of rotatable bonds is 6. The highest BCUT2D eigenvalue weighted by Crippen LogP contribution is 2.19. The summed E-state index contributed by atoms with van der Waals surface area (Å²) < 4.78 is 5.92. The van der Waals surface area contributed by atoms with E-state index in [1.54, 1.807) is 0 Å². The van der Waals surface area contributed by atoms with Gasteiger partial charge in [0.1, 0.15) is 0 Å². The van der Waals surface area contributed by atoms with Crippen LogP contribution >= 0.6 is 0 Å². The third-order valence-electron chi connectivity index (χ3n) is 3.72. The molecule has 1 aromatic carbocycles. The number of hydrogen-bond acceptors (Lipinski definition) is 2. The number of nitrogens with one attached hydrogen (secondary N) is 1. The van der Waals surface area contributed by atoms with E-state index < -0.39 is 0 Å². The van der Waals surface area contributed by atoms with Crippen LogP contribution in [0.2, 0.25) is 0 Å². The normalized spacial score (nSPS) is 21.7. The highest BCUT2D eigenvalue weighted by Gasteiger charge is 2.23. The number of ether oxygens (including phenoxy) is 1. The fraction of sp³-hybridized carbons (Fsp3) is 0.625. The Balaban J connectivity index is 1.85. The Morgan fingerprint density at radius 3 is 2.78 bits per heavy atom. The Labute approximate surface area is 111 Å². The van der Waals surface area contributed by atoms with Crippen molar-refractivity contribution >= 4 is 0 Å². The van der Waals surface area contributed by atoms with Gasteiger partial charge in [-0.1, -0.05) is 37.3 Å². The summed E-state index contributed by atoms with van der Waals surface area (Å²) in [6.07, 6.45) is 6.49. The van der Waals surface area contributed by atoms with Crippen LogP contribution in [0.15, 0.2) is 30.3 Å². The number of likely N-dealkylation sites (N-methyl/N-ethyl adjacent to an activating group) is 1. The zero-order valence-corrected chi connectivity index (χ0v) is 11.4. The van der Waals surface area contributed by atoms with Crippen LogP contribution in [-0.2, 0) is 11.2 Å². The van der Waals surface area contributed by atoms with Crippen molar-refractivity contribution in [3.05, 3.63) is 35.9 Å². The van der Waals surface area contributed by atoms with Crippen LogP contribution in [-0.4, -0.2) is 25.3 Å². The molecule has 0 spiro atoms. The van der Waals surface area contributed by atoms with Crippen molar-refractivity contribution < 1.29 is 4.74 Å². The largest absolute Gasteiger partial charge is 0.377 e. The maximum atomic E-state index is 5.92. The lowest BCUT2D eigenvalue weighted by atomic mass is 9.96. The van der Waals surface area contributed by atoms with Gasteiger partial charge in [-0.25, -0.2) is 0 Å². The van der Waals surface area contributed by atoms with Crippen molar-refractivity contribution in [1.29, 1.82) is 0 Å². The molecule has 1 fully saturated rings. The average Bonchev–Trinajstić information content (AvgIpc) is 2.45. The summed E-state index contributed by atoms with van der Waals surface area (Å²) in [5.41, 5.74) is 1.43. The summed E-state index contributed by atoms with van der Waals surface area (Å²) in [7, 11) is 0. The molecule has 1 saturated heterocycles. The first-order chi connectivity index (χ1) is 8.90. The molecule has 1 aliphatic heterocycles. The summed E-state index contributed by atoms with van der Waals surface area (Å²) in [6.45, 7) is 4.15. The van der Waals surface area contributed by atoms with E-state index in [-0.39, 0.29) is 0 Å². The topological polar surface area (TPSA) is 21.3 Å². The summed E-state index contributed by atoms with van der Waals surface area (Å²) in [6, 6.07) is 11.3. The molecule has 2 atom stereocenters. The lowest BCUT2D eigenvalue weighted by Crippen LogP contribution is -2.43. The molecule has 0 bridgehead atoms. The van der Waals surface area contributed by atoms with Crippen molar-refractivity contribution in [2.75, 3.05) is 13.2 Å². The molecule has 0 amide bonds. The second-order valence-corrected chi connectivity index (χ2v) is 5.09. The van der Waals surface area contributed by atoms with Crippen LogP contribution in [0.25, 0.3) is 0 Å². The van der Waals surface area contributed by atoms with Gasteiger partial charge >= 0.3 is 0 Å². The van der Waals surface area contributed by atoms with E-state index in [4.69, 9.17) is 4.74 Å². The molecule has 2 unspecified atom stereocenters. The van der Waals surface area contributed by atoms with Crippen LogP contribution in [0.4, 0.5) is 0 Å². The Morgan fingerprint density at radius 1 is 1.28 bits per heavy atom. The lowest BCUT2D eigenvalue weighted by Gasteiger charge is -2.31. The molecule has 1 N–H and O–H groups in total. The van der Waals surface area contributed by atoms with Gasteiger partial charge in [-0.15, -0.1) is 0 Å². The van der Waals surface area contributed by atoms with E-state index in [0.717, 1.165) is 19.6 Å². The number of benzene rings is 1. The van der Waals surface area contributed by atoms with Gasteiger partial charge in [-0.05, 0) is 44.2 Å². The third-order valence-corrected chi connectivity index (χ3v) is 3.72. The molecular formula is C16H25NO. The minimum Gasteiger partial charge on any atom is -0.377 e. The highest BCUT2D eigenvalue weighted by molar-refractivity contribution is 5.14.